The quantitative estimate of drug-likeness (QED) is 0.623. The molecule has 2 N–H and O–H groups in total. The SMILES string of the molecule is CCCCCC(C)(C)Cn1cnc2cc(N)ccc21. The van der Waals surface area contributed by atoms with Crippen LogP contribution in [0.4, 0.5) is 5.69 Å². The minimum absolute atomic E-state index is 0.310. The summed E-state index contributed by atoms with van der Waals surface area (Å²) >= 11 is 0. The van der Waals surface area contributed by atoms with E-state index in [-0.39, 0.29) is 0 Å². The fourth-order valence-corrected chi connectivity index (χ4v) is 2.60. The van der Waals surface area contributed by atoms with E-state index in [1.165, 1.54) is 31.2 Å². The van der Waals surface area contributed by atoms with Gasteiger partial charge in [0.2, 0.25) is 0 Å². The molecular weight excluding hydrogens is 234 g/mol. The third-order valence-electron chi connectivity index (χ3n) is 3.70. The average molecular weight is 259 g/mol. The molecular formula is C16H25N3. The third kappa shape index (κ3) is 3.49. The van der Waals surface area contributed by atoms with Crippen molar-refractivity contribution in [3.05, 3.63) is 24.5 Å². The molecule has 0 aliphatic carbocycles. The van der Waals surface area contributed by atoms with E-state index in [1.54, 1.807) is 0 Å². The molecule has 0 aliphatic heterocycles. The highest BCUT2D eigenvalue weighted by Gasteiger charge is 2.19. The van der Waals surface area contributed by atoms with Gasteiger partial charge in [0.05, 0.1) is 17.4 Å². The summed E-state index contributed by atoms with van der Waals surface area (Å²) in [5.74, 6) is 0. The molecule has 1 aromatic carbocycles. The first-order valence-electron chi connectivity index (χ1n) is 7.22. The summed E-state index contributed by atoms with van der Waals surface area (Å²) in [7, 11) is 0. The van der Waals surface area contributed by atoms with Crippen LogP contribution in [0.3, 0.4) is 0 Å². The van der Waals surface area contributed by atoms with Gasteiger partial charge in [0, 0.05) is 12.2 Å². The molecule has 0 spiro atoms. The molecule has 1 aromatic heterocycles. The summed E-state index contributed by atoms with van der Waals surface area (Å²) in [6, 6.07) is 5.96. The highest BCUT2D eigenvalue weighted by atomic mass is 15.0. The molecule has 0 saturated carbocycles. The molecule has 104 valence electrons. The number of hydrogen-bond acceptors (Lipinski definition) is 2. The molecule has 2 rings (SSSR count). The molecule has 2 aromatic rings. The van der Waals surface area contributed by atoms with E-state index in [0.29, 0.717) is 5.41 Å². The second kappa shape index (κ2) is 5.64. The average Bonchev–Trinajstić information content (AvgIpc) is 2.71. The number of nitrogens with zero attached hydrogens (tertiary/aromatic N) is 2. The molecule has 3 nitrogen and oxygen atoms in total. The minimum atomic E-state index is 0.310. The van der Waals surface area contributed by atoms with Gasteiger partial charge in [-0.25, -0.2) is 4.98 Å². The zero-order valence-corrected chi connectivity index (χ0v) is 12.3. The summed E-state index contributed by atoms with van der Waals surface area (Å²) in [4.78, 5) is 4.44. The van der Waals surface area contributed by atoms with Gasteiger partial charge in [0.1, 0.15) is 0 Å². The van der Waals surface area contributed by atoms with Crippen LogP contribution in [0.5, 0.6) is 0 Å². The first-order chi connectivity index (χ1) is 9.02. The lowest BCUT2D eigenvalue weighted by molar-refractivity contribution is 0.275. The lowest BCUT2D eigenvalue weighted by Gasteiger charge is -2.25. The Bertz CT molecular complexity index is 540. The Hall–Kier alpha value is -1.51. The van der Waals surface area contributed by atoms with Crippen molar-refractivity contribution in [2.24, 2.45) is 5.41 Å². The number of rotatable bonds is 6. The van der Waals surface area contributed by atoms with E-state index in [4.69, 9.17) is 5.73 Å². The molecule has 0 unspecified atom stereocenters. The highest BCUT2D eigenvalue weighted by Crippen LogP contribution is 2.28. The van der Waals surface area contributed by atoms with Gasteiger partial charge < -0.3 is 10.3 Å². The predicted octanol–water partition coefficient (Wildman–Crippen LogP) is 4.23. The number of imidazole rings is 1. The van der Waals surface area contributed by atoms with Gasteiger partial charge >= 0.3 is 0 Å². The molecule has 19 heavy (non-hydrogen) atoms. The summed E-state index contributed by atoms with van der Waals surface area (Å²) in [5.41, 5.74) is 9.05. The van der Waals surface area contributed by atoms with Crippen molar-refractivity contribution in [1.82, 2.24) is 9.55 Å². The minimum Gasteiger partial charge on any atom is -0.399 e. The van der Waals surface area contributed by atoms with Crippen LogP contribution < -0.4 is 5.73 Å². The molecule has 0 amide bonds. The number of benzene rings is 1. The zero-order chi connectivity index (χ0) is 13.9. The summed E-state index contributed by atoms with van der Waals surface area (Å²) in [5, 5.41) is 0. The van der Waals surface area contributed by atoms with Gasteiger partial charge in [-0.15, -0.1) is 0 Å². The maximum Gasteiger partial charge on any atom is 0.0958 e. The van der Waals surface area contributed by atoms with Crippen LogP contribution in [0.25, 0.3) is 11.0 Å². The van der Waals surface area contributed by atoms with E-state index < -0.39 is 0 Å². The van der Waals surface area contributed by atoms with E-state index in [0.717, 1.165) is 17.7 Å². The molecule has 0 radical (unpaired) electrons. The van der Waals surface area contributed by atoms with Crippen LogP contribution in [-0.4, -0.2) is 9.55 Å². The van der Waals surface area contributed by atoms with E-state index >= 15 is 0 Å². The highest BCUT2D eigenvalue weighted by molar-refractivity contribution is 5.78. The zero-order valence-electron chi connectivity index (χ0n) is 12.3. The topological polar surface area (TPSA) is 43.8 Å². The Labute approximate surface area is 115 Å². The number of unbranched alkanes of at least 4 members (excludes halogenated alkanes) is 2. The number of anilines is 1. The Morgan fingerprint density at radius 2 is 2.05 bits per heavy atom. The second-order valence-electron chi connectivity index (χ2n) is 6.24. The number of fused-ring (bicyclic) bond motifs is 1. The van der Waals surface area contributed by atoms with Gasteiger partial charge in [-0.3, -0.25) is 0 Å². The Morgan fingerprint density at radius 1 is 1.26 bits per heavy atom. The van der Waals surface area contributed by atoms with E-state index in [1.807, 2.05) is 18.5 Å². The van der Waals surface area contributed by atoms with Gasteiger partial charge in [0.15, 0.2) is 0 Å². The summed E-state index contributed by atoms with van der Waals surface area (Å²) < 4.78 is 2.25. The first kappa shape index (κ1) is 13.9. The largest absolute Gasteiger partial charge is 0.399 e. The van der Waals surface area contributed by atoms with E-state index in [2.05, 4.69) is 36.4 Å². The molecule has 0 saturated heterocycles. The lowest BCUT2D eigenvalue weighted by atomic mass is 9.87. The number of hydrogen-bond donors (Lipinski definition) is 1. The Kier molecular flexibility index (Phi) is 4.13. The van der Waals surface area contributed by atoms with Crippen molar-refractivity contribution in [3.63, 3.8) is 0 Å². The van der Waals surface area contributed by atoms with Crippen molar-refractivity contribution in [3.8, 4) is 0 Å². The number of nitrogen functional groups attached to an aromatic ring is 1. The Balaban J connectivity index is 2.12. The van der Waals surface area contributed by atoms with Crippen molar-refractivity contribution < 1.29 is 0 Å². The molecule has 1 heterocycles. The molecule has 3 heteroatoms. The summed E-state index contributed by atoms with van der Waals surface area (Å²) in [6.07, 6.45) is 7.11. The maximum absolute atomic E-state index is 5.79. The van der Waals surface area contributed by atoms with Crippen LogP contribution in [-0.2, 0) is 6.54 Å². The van der Waals surface area contributed by atoms with Gasteiger partial charge in [-0.05, 0) is 30.0 Å². The van der Waals surface area contributed by atoms with Crippen molar-refractivity contribution in [1.29, 1.82) is 0 Å². The smallest absolute Gasteiger partial charge is 0.0958 e. The van der Waals surface area contributed by atoms with Gasteiger partial charge in [0.25, 0.3) is 0 Å². The van der Waals surface area contributed by atoms with Crippen molar-refractivity contribution in [2.45, 2.75) is 53.0 Å². The van der Waals surface area contributed by atoms with E-state index in [9.17, 15) is 0 Å². The monoisotopic (exact) mass is 259 g/mol. The fourth-order valence-electron chi connectivity index (χ4n) is 2.60. The summed E-state index contributed by atoms with van der Waals surface area (Å²) in [6.45, 7) is 7.94. The molecule has 0 atom stereocenters. The van der Waals surface area contributed by atoms with Crippen molar-refractivity contribution >= 4 is 16.7 Å². The number of aromatic nitrogens is 2. The van der Waals surface area contributed by atoms with Crippen LogP contribution in [0.15, 0.2) is 24.5 Å². The Morgan fingerprint density at radius 3 is 2.79 bits per heavy atom. The van der Waals surface area contributed by atoms with Crippen molar-refractivity contribution in [2.75, 3.05) is 5.73 Å². The molecule has 0 aliphatic rings. The van der Waals surface area contributed by atoms with Crippen LogP contribution in [0.1, 0.15) is 46.5 Å². The van der Waals surface area contributed by atoms with Crippen LogP contribution in [0.2, 0.25) is 0 Å². The standard InChI is InChI=1S/C16H25N3/c1-4-5-6-9-16(2,3)11-19-12-18-14-10-13(17)7-8-15(14)19/h7-8,10,12H,4-6,9,11,17H2,1-3H3. The van der Waals surface area contributed by atoms with Crippen LogP contribution >= 0.6 is 0 Å². The fraction of sp³-hybridized carbons (Fsp3) is 0.562. The van der Waals surface area contributed by atoms with Gasteiger partial charge in [-0.1, -0.05) is 40.0 Å². The normalized spacial score (nSPS) is 12.2. The second-order valence-corrected chi connectivity index (χ2v) is 6.24. The van der Waals surface area contributed by atoms with Gasteiger partial charge in [-0.2, -0.15) is 0 Å². The first-order valence-corrected chi connectivity index (χ1v) is 7.22. The molecule has 0 bridgehead atoms. The number of nitrogens with two attached hydrogens (primary N) is 1. The molecule has 0 fully saturated rings. The maximum atomic E-state index is 5.79. The predicted molar refractivity (Wildman–Crippen MR) is 82.1 cm³/mol. The third-order valence-corrected chi connectivity index (χ3v) is 3.70. The van der Waals surface area contributed by atoms with Crippen LogP contribution in [0, 0.1) is 5.41 Å². The lowest BCUT2D eigenvalue weighted by Crippen LogP contribution is -2.19.